The fraction of sp³-hybridized carbons (Fsp3) is 0.538. The fourth-order valence-electron chi connectivity index (χ4n) is 4.25. The zero-order chi connectivity index (χ0) is 30.7. The van der Waals surface area contributed by atoms with Crippen LogP contribution in [-0.4, -0.2) is 141 Å². The SMILES string of the molecule is OCC(O)CNc1nc(Nc2ccc(Nc3nc(NCC(O)CO)nc(N4CCOCC4)n3)cc2)nc(N2CCOCC2)n1. The summed E-state index contributed by atoms with van der Waals surface area (Å²) in [6.45, 7) is 4.15. The van der Waals surface area contributed by atoms with Gasteiger partial charge in [-0.05, 0) is 24.3 Å². The summed E-state index contributed by atoms with van der Waals surface area (Å²) in [5.74, 6) is 2.06. The van der Waals surface area contributed by atoms with Crippen LogP contribution in [0.5, 0.6) is 0 Å². The van der Waals surface area contributed by atoms with Crippen LogP contribution >= 0.6 is 0 Å². The number of nitrogens with one attached hydrogen (secondary N) is 4. The highest BCUT2D eigenvalue weighted by atomic mass is 16.5. The molecule has 0 bridgehead atoms. The lowest BCUT2D eigenvalue weighted by atomic mass is 10.3. The molecule has 2 unspecified atom stereocenters. The minimum Gasteiger partial charge on any atom is -0.394 e. The first kappa shape index (κ1) is 31.2. The first-order valence-corrected chi connectivity index (χ1v) is 14.4. The van der Waals surface area contributed by atoms with Crippen molar-refractivity contribution >= 4 is 47.1 Å². The molecule has 2 saturated heterocycles. The number of rotatable bonds is 14. The maximum absolute atomic E-state index is 9.75. The van der Waals surface area contributed by atoms with Gasteiger partial charge >= 0.3 is 0 Å². The summed E-state index contributed by atoms with van der Waals surface area (Å²) in [6.07, 6.45) is -1.91. The highest BCUT2D eigenvalue weighted by molar-refractivity contribution is 5.63. The monoisotopic (exact) mass is 614 g/mol. The van der Waals surface area contributed by atoms with Gasteiger partial charge in [-0.25, -0.2) is 0 Å². The average Bonchev–Trinajstić information content (AvgIpc) is 3.07. The van der Waals surface area contributed by atoms with Gasteiger partial charge in [0.1, 0.15) is 0 Å². The van der Waals surface area contributed by atoms with Crippen LogP contribution in [0.4, 0.5) is 47.1 Å². The third kappa shape index (κ3) is 8.91. The maximum atomic E-state index is 9.75. The van der Waals surface area contributed by atoms with Crippen LogP contribution < -0.4 is 31.1 Å². The Morgan fingerprint density at radius 2 is 0.955 bits per heavy atom. The number of aromatic nitrogens is 6. The van der Waals surface area contributed by atoms with E-state index in [9.17, 15) is 10.2 Å². The minimum atomic E-state index is -0.955. The summed E-state index contributed by atoms with van der Waals surface area (Å²) in [6, 6.07) is 7.35. The van der Waals surface area contributed by atoms with Gasteiger partial charge in [0.15, 0.2) is 0 Å². The largest absolute Gasteiger partial charge is 0.394 e. The molecule has 8 N–H and O–H groups in total. The molecule has 44 heavy (non-hydrogen) atoms. The average molecular weight is 615 g/mol. The van der Waals surface area contributed by atoms with E-state index in [0.29, 0.717) is 87.8 Å². The molecule has 238 valence electrons. The first-order chi connectivity index (χ1) is 21.5. The van der Waals surface area contributed by atoms with Crippen molar-refractivity contribution in [1.82, 2.24) is 29.9 Å². The number of ether oxygens (including phenoxy) is 2. The molecule has 0 amide bonds. The molecule has 18 heteroatoms. The first-order valence-electron chi connectivity index (χ1n) is 14.4. The van der Waals surface area contributed by atoms with Crippen LogP contribution in [0.15, 0.2) is 24.3 Å². The summed E-state index contributed by atoms with van der Waals surface area (Å²) in [5, 5.41) is 50.1. The number of aliphatic hydroxyl groups excluding tert-OH is 4. The van der Waals surface area contributed by atoms with Crippen molar-refractivity contribution in [2.75, 3.05) is 110 Å². The van der Waals surface area contributed by atoms with E-state index in [1.54, 1.807) is 0 Å². The second-order valence-electron chi connectivity index (χ2n) is 10.0. The van der Waals surface area contributed by atoms with E-state index in [2.05, 4.69) is 51.2 Å². The molecule has 18 nitrogen and oxygen atoms in total. The van der Waals surface area contributed by atoms with Crippen molar-refractivity contribution in [3.63, 3.8) is 0 Å². The third-order valence-electron chi connectivity index (χ3n) is 6.65. The Bertz CT molecular complexity index is 1230. The summed E-state index contributed by atoms with van der Waals surface area (Å²) >= 11 is 0. The molecule has 1 aromatic carbocycles. The van der Waals surface area contributed by atoms with Crippen LogP contribution in [0, 0.1) is 0 Å². The van der Waals surface area contributed by atoms with Gasteiger partial charge in [0.05, 0.1) is 51.8 Å². The topological polar surface area (TPSA) is 231 Å². The van der Waals surface area contributed by atoms with Crippen molar-refractivity contribution in [3.8, 4) is 0 Å². The molecule has 2 fully saturated rings. The molecule has 0 spiro atoms. The smallest absolute Gasteiger partial charge is 0.233 e. The van der Waals surface area contributed by atoms with Gasteiger partial charge in [0.2, 0.25) is 35.7 Å². The van der Waals surface area contributed by atoms with E-state index in [4.69, 9.17) is 19.7 Å². The van der Waals surface area contributed by atoms with Crippen LogP contribution in [-0.2, 0) is 9.47 Å². The molecular formula is C26H38N12O6. The van der Waals surface area contributed by atoms with Crippen molar-refractivity contribution in [2.24, 2.45) is 0 Å². The zero-order valence-corrected chi connectivity index (χ0v) is 24.1. The molecule has 0 aliphatic carbocycles. The Morgan fingerprint density at radius 1 is 0.591 bits per heavy atom. The van der Waals surface area contributed by atoms with Crippen LogP contribution in [0.1, 0.15) is 0 Å². The normalized spacial score (nSPS) is 16.7. The van der Waals surface area contributed by atoms with E-state index >= 15 is 0 Å². The number of morpholine rings is 2. The van der Waals surface area contributed by atoms with Gasteiger partial charge in [-0.2, -0.15) is 29.9 Å². The standard InChI is InChI=1S/C26H38N12O6/c39-15-19(41)13-27-21-31-23(35-25(33-21)37-5-9-43-10-6-37)29-17-1-2-18(4-3-17)30-24-32-22(28-14-20(42)16-40)34-26(36-24)38-7-11-44-12-8-38/h1-4,19-20,39-42H,5-16H2,(H2,27,29,31,33,35)(H2,28,30,32,34,36). The highest BCUT2D eigenvalue weighted by Crippen LogP contribution is 2.23. The van der Waals surface area contributed by atoms with Crippen molar-refractivity contribution in [1.29, 1.82) is 0 Å². The van der Waals surface area contributed by atoms with Crippen molar-refractivity contribution in [3.05, 3.63) is 24.3 Å². The Morgan fingerprint density at radius 3 is 1.32 bits per heavy atom. The van der Waals surface area contributed by atoms with Crippen LogP contribution in [0.25, 0.3) is 0 Å². The minimum absolute atomic E-state index is 0.0758. The number of nitrogens with zero attached hydrogens (tertiary/aromatic N) is 8. The van der Waals surface area contributed by atoms with Gasteiger partial charge in [-0.3, -0.25) is 0 Å². The lowest BCUT2D eigenvalue weighted by Crippen LogP contribution is -2.37. The summed E-state index contributed by atoms with van der Waals surface area (Å²) in [7, 11) is 0. The summed E-state index contributed by atoms with van der Waals surface area (Å²) < 4.78 is 10.9. The van der Waals surface area contributed by atoms with Crippen LogP contribution in [0.3, 0.4) is 0 Å². The Kier molecular flexibility index (Phi) is 11.0. The maximum Gasteiger partial charge on any atom is 0.233 e. The predicted molar refractivity (Wildman–Crippen MR) is 162 cm³/mol. The zero-order valence-electron chi connectivity index (χ0n) is 24.1. The van der Waals surface area contributed by atoms with Gasteiger partial charge < -0.3 is 61.0 Å². The van der Waals surface area contributed by atoms with E-state index in [0.717, 1.165) is 0 Å². The quantitative estimate of drug-likeness (QED) is 0.106. The Hall–Kier alpha value is -4.20. The number of aliphatic hydroxyl groups is 4. The lowest BCUT2D eigenvalue weighted by Gasteiger charge is -2.27. The molecule has 2 atom stereocenters. The highest BCUT2D eigenvalue weighted by Gasteiger charge is 2.19. The fourth-order valence-corrected chi connectivity index (χ4v) is 4.25. The Labute approximate surface area is 253 Å². The van der Waals surface area contributed by atoms with E-state index in [1.165, 1.54) is 0 Å². The van der Waals surface area contributed by atoms with Gasteiger partial charge in [0, 0.05) is 50.6 Å². The molecule has 0 radical (unpaired) electrons. The number of hydrogen-bond acceptors (Lipinski definition) is 18. The number of anilines is 8. The number of benzene rings is 1. The molecule has 4 heterocycles. The number of hydrogen-bond donors (Lipinski definition) is 8. The lowest BCUT2D eigenvalue weighted by molar-refractivity contribution is 0.105. The molecule has 2 aromatic heterocycles. The van der Waals surface area contributed by atoms with Crippen LogP contribution in [0.2, 0.25) is 0 Å². The molecule has 5 rings (SSSR count). The molecule has 0 saturated carbocycles. The van der Waals surface area contributed by atoms with Gasteiger partial charge in [-0.1, -0.05) is 0 Å². The van der Waals surface area contributed by atoms with E-state index < -0.39 is 12.2 Å². The van der Waals surface area contributed by atoms with Gasteiger partial charge in [0.25, 0.3) is 0 Å². The summed E-state index contributed by atoms with van der Waals surface area (Å²) in [5.41, 5.74) is 1.42. The molecule has 3 aromatic rings. The van der Waals surface area contributed by atoms with E-state index in [-0.39, 0.29) is 38.2 Å². The molecule has 2 aliphatic heterocycles. The third-order valence-corrected chi connectivity index (χ3v) is 6.65. The molecule has 2 aliphatic rings. The van der Waals surface area contributed by atoms with Crippen molar-refractivity contribution < 1.29 is 29.9 Å². The second-order valence-corrected chi connectivity index (χ2v) is 10.0. The van der Waals surface area contributed by atoms with E-state index in [1.807, 2.05) is 34.1 Å². The second kappa shape index (κ2) is 15.5. The molecular weight excluding hydrogens is 576 g/mol. The van der Waals surface area contributed by atoms with Crippen molar-refractivity contribution in [2.45, 2.75) is 12.2 Å². The summed E-state index contributed by atoms with van der Waals surface area (Å²) in [4.78, 5) is 30.9. The van der Waals surface area contributed by atoms with Gasteiger partial charge in [-0.15, -0.1) is 0 Å². The predicted octanol–water partition coefficient (Wildman–Crippen LogP) is -1.25. The Balaban J connectivity index is 1.30.